The van der Waals surface area contributed by atoms with Crippen LogP contribution in [0.1, 0.15) is 20.8 Å². The molecule has 150 valence electrons. The van der Waals surface area contributed by atoms with Gasteiger partial charge in [-0.05, 0) is 18.1 Å². The van der Waals surface area contributed by atoms with E-state index in [4.69, 9.17) is 4.12 Å². The van der Waals surface area contributed by atoms with E-state index in [1.807, 2.05) is 0 Å². The third-order valence-corrected chi connectivity index (χ3v) is 167. The average Bonchev–Trinajstić information content (AvgIpc) is 2.34. The van der Waals surface area contributed by atoms with E-state index < -0.39 is 51.2 Å². The Kier molecular flexibility index (Phi) is 5.88. The van der Waals surface area contributed by atoms with E-state index in [0.717, 1.165) is 0 Å². The molecule has 1 saturated heterocycles. The summed E-state index contributed by atoms with van der Waals surface area (Å²) in [7, 11) is -9.78. The molecule has 0 amide bonds. The first-order chi connectivity index (χ1) is 10.5. The van der Waals surface area contributed by atoms with Gasteiger partial charge in [0.1, 0.15) is 7.35 Å². The summed E-state index contributed by atoms with van der Waals surface area (Å²) in [4.78, 5) is 0. The molecule has 0 saturated carbocycles. The summed E-state index contributed by atoms with van der Waals surface area (Å²) in [6.45, 7) is 43.3. The smallest absolute Gasteiger partial charge is 0.178 e. The molecule has 0 aromatic carbocycles. The van der Waals surface area contributed by atoms with Crippen LogP contribution < -0.4 is 0 Å². The van der Waals surface area contributed by atoms with Crippen LogP contribution in [-0.4, -0.2) is 51.2 Å². The lowest BCUT2D eigenvalue weighted by molar-refractivity contribution is 0.506. The van der Waals surface area contributed by atoms with Crippen LogP contribution in [0.2, 0.25) is 90.1 Å². The molecule has 0 aliphatic carbocycles. The van der Waals surface area contributed by atoms with Crippen LogP contribution in [0.4, 0.5) is 0 Å². The molecule has 1 aliphatic heterocycles. The van der Waals surface area contributed by atoms with Crippen molar-refractivity contribution >= 4 is 51.2 Å². The molecule has 1 nitrogen and oxygen atoms in total. The Labute approximate surface area is 165 Å². The minimum absolute atomic E-state index is 0.333. The maximum Gasteiger partial charge on any atom is 0.178 e. The van der Waals surface area contributed by atoms with Gasteiger partial charge in [-0.3, -0.25) is 0 Å². The number of hydrogen-bond acceptors (Lipinski definition) is 1. The van der Waals surface area contributed by atoms with Gasteiger partial charge in [0.25, 0.3) is 0 Å². The highest BCUT2D eigenvalue weighted by Gasteiger charge is 2.79. The van der Waals surface area contributed by atoms with Crippen LogP contribution in [-0.2, 0) is 4.12 Å². The van der Waals surface area contributed by atoms with Gasteiger partial charge in [-0.25, -0.2) is 0 Å². The lowest BCUT2D eigenvalue weighted by Gasteiger charge is -2.73. The first-order valence-corrected chi connectivity index (χ1v) is 36.5. The largest absolute Gasteiger partial charge is 0.460 e. The third-order valence-electron chi connectivity index (χ3n) is 10.9. The van der Waals surface area contributed by atoms with Gasteiger partial charge in [-0.1, -0.05) is 92.8 Å². The fraction of sp³-hybridized carbons (Fsp3) is 1.00. The van der Waals surface area contributed by atoms with Crippen molar-refractivity contribution in [3.63, 3.8) is 0 Å². The van der Waals surface area contributed by atoms with Crippen molar-refractivity contribution in [1.82, 2.24) is 0 Å². The first kappa shape index (κ1) is 24.5. The van der Waals surface area contributed by atoms with Crippen molar-refractivity contribution in [1.29, 1.82) is 0 Å². The lowest BCUT2D eigenvalue weighted by Crippen LogP contribution is -3.02. The molecule has 0 radical (unpaired) electrons. The van der Waals surface area contributed by atoms with Crippen molar-refractivity contribution in [2.75, 3.05) is 0 Å². The Hall–Kier alpha value is 1.48. The van der Waals surface area contributed by atoms with Gasteiger partial charge >= 0.3 is 0 Å². The quantitative estimate of drug-likeness (QED) is 0.418. The SMILES string of the molecule is CC(C)(C)[Si](C)(C)O[Si]1(C)[Si](C)(C)[Si](C)(C)[Si](C)(C)[Si](C)(C)[Si]1(C)C. The minimum atomic E-state index is -1.72. The van der Waals surface area contributed by atoms with Crippen LogP contribution >= 0.6 is 0 Å². The molecular formula is C17H48OSi7. The van der Waals surface area contributed by atoms with Crippen LogP contribution in [0.5, 0.6) is 0 Å². The molecule has 0 atom stereocenters. The molecule has 1 heterocycles. The summed E-state index contributed by atoms with van der Waals surface area (Å²) in [6, 6.07) is 0. The molecule has 25 heavy (non-hydrogen) atoms. The summed E-state index contributed by atoms with van der Waals surface area (Å²) in [5.74, 6) is 0. The van der Waals surface area contributed by atoms with E-state index in [0.29, 0.717) is 5.04 Å². The Morgan fingerprint density at radius 1 is 0.520 bits per heavy atom. The highest BCUT2D eigenvalue weighted by molar-refractivity contribution is 8.13. The van der Waals surface area contributed by atoms with Crippen molar-refractivity contribution in [3.8, 4) is 0 Å². The summed E-state index contributed by atoms with van der Waals surface area (Å²) in [6.07, 6.45) is 0. The maximum atomic E-state index is 7.72. The second-order valence-electron chi connectivity index (χ2n) is 13.0. The predicted molar refractivity (Wildman–Crippen MR) is 137 cm³/mol. The zero-order valence-electron chi connectivity index (χ0n) is 20.4. The Balaban J connectivity index is 3.79. The van der Waals surface area contributed by atoms with Gasteiger partial charge in [0.15, 0.2) is 8.32 Å². The van der Waals surface area contributed by atoms with E-state index in [1.165, 1.54) is 0 Å². The molecule has 0 N–H and O–H groups in total. The van der Waals surface area contributed by atoms with Gasteiger partial charge in [0.2, 0.25) is 0 Å². The highest BCUT2D eigenvalue weighted by Crippen LogP contribution is 2.54. The maximum absolute atomic E-state index is 7.72. The van der Waals surface area contributed by atoms with Crippen molar-refractivity contribution < 1.29 is 4.12 Å². The summed E-state index contributed by atoms with van der Waals surface area (Å²) >= 11 is 0. The fourth-order valence-corrected chi connectivity index (χ4v) is 254. The Morgan fingerprint density at radius 2 is 0.760 bits per heavy atom. The van der Waals surface area contributed by atoms with E-state index in [9.17, 15) is 0 Å². The number of rotatable bonds is 2. The second-order valence-corrected chi connectivity index (χ2v) is 88.9. The summed E-state index contributed by atoms with van der Waals surface area (Å²) in [5.41, 5.74) is 0. The van der Waals surface area contributed by atoms with Crippen LogP contribution in [0.15, 0.2) is 0 Å². The average molecular weight is 465 g/mol. The zero-order chi connectivity index (χ0) is 20.7. The van der Waals surface area contributed by atoms with Crippen molar-refractivity contribution in [2.45, 2.75) is 111 Å². The molecule has 8 heteroatoms. The predicted octanol–water partition coefficient (Wildman–Crippen LogP) is 6.61. The molecule has 0 aromatic heterocycles. The zero-order valence-corrected chi connectivity index (χ0v) is 27.4. The van der Waals surface area contributed by atoms with E-state index >= 15 is 0 Å². The van der Waals surface area contributed by atoms with Crippen molar-refractivity contribution in [2.24, 2.45) is 0 Å². The molecular weight excluding hydrogens is 417 g/mol. The highest BCUT2D eigenvalue weighted by atomic mass is 30.2. The normalized spacial score (nSPS) is 29.3. The third kappa shape index (κ3) is 2.83. The molecule has 0 spiro atoms. The lowest BCUT2D eigenvalue weighted by atomic mass is 10.2. The molecule has 0 aromatic rings. The molecule has 1 aliphatic rings. The van der Waals surface area contributed by atoms with E-state index in [1.54, 1.807) is 0 Å². The summed E-state index contributed by atoms with van der Waals surface area (Å²) < 4.78 is 7.72. The van der Waals surface area contributed by atoms with Crippen LogP contribution in [0.25, 0.3) is 0 Å². The Bertz CT molecular complexity index is 512. The monoisotopic (exact) mass is 464 g/mol. The molecule has 1 fully saturated rings. The molecule has 0 bridgehead atoms. The van der Waals surface area contributed by atoms with Gasteiger partial charge in [0, 0.05) is 21.3 Å². The minimum Gasteiger partial charge on any atom is -0.460 e. The molecule has 1 rings (SSSR count). The van der Waals surface area contributed by atoms with Gasteiger partial charge in [-0.15, -0.1) is 0 Å². The van der Waals surface area contributed by atoms with Crippen LogP contribution in [0, 0.1) is 0 Å². The van der Waals surface area contributed by atoms with Crippen molar-refractivity contribution in [3.05, 3.63) is 0 Å². The van der Waals surface area contributed by atoms with E-state index in [-0.39, 0.29) is 0 Å². The van der Waals surface area contributed by atoms with E-state index in [2.05, 4.69) is 106 Å². The standard InChI is InChI=1S/C17H48OSi7/c1-17(2,3)19(4,5)18-25(16)23(12,13)21(8,9)20(6,7)22(10,11)24(25,14)15/h1-16H3. The fourth-order valence-electron chi connectivity index (χ4n) is 5.24. The van der Waals surface area contributed by atoms with Gasteiger partial charge < -0.3 is 4.12 Å². The topological polar surface area (TPSA) is 9.23 Å². The summed E-state index contributed by atoms with van der Waals surface area (Å²) in [5, 5.41) is 0.333. The first-order valence-electron chi connectivity index (χ1n) is 10.2. The van der Waals surface area contributed by atoms with Crippen LogP contribution in [0.3, 0.4) is 0 Å². The molecule has 0 unspecified atom stereocenters. The van der Waals surface area contributed by atoms with Gasteiger partial charge in [0.05, 0.1) is 14.2 Å². The van der Waals surface area contributed by atoms with Gasteiger partial charge in [-0.2, -0.15) is 0 Å². The number of hydrogen-bond donors (Lipinski definition) is 0. The Morgan fingerprint density at radius 3 is 1.00 bits per heavy atom. The second kappa shape index (κ2) is 5.99.